The van der Waals surface area contributed by atoms with E-state index in [-0.39, 0.29) is 5.78 Å². The van der Waals surface area contributed by atoms with E-state index in [0.717, 1.165) is 11.3 Å². The Bertz CT molecular complexity index is 504. The molecule has 1 aliphatic heterocycles. The van der Waals surface area contributed by atoms with Gasteiger partial charge in [-0.2, -0.15) is 0 Å². The van der Waals surface area contributed by atoms with Crippen LogP contribution in [0.5, 0.6) is 0 Å². The van der Waals surface area contributed by atoms with Gasteiger partial charge < -0.3 is 9.64 Å². The summed E-state index contributed by atoms with van der Waals surface area (Å²) >= 11 is 0. The number of carbonyl (C=O) groups excluding carboxylic acids is 1. The molecule has 100 valence electrons. The number of hydrogen-bond donors (Lipinski definition) is 0. The monoisotopic (exact) mass is 258 g/mol. The van der Waals surface area contributed by atoms with Crippen LogP contribution in [-0.4, -0.2) is 37.0 Å². The van der Waals surface area contributed by atoms with Crippen LogP contribution in [0.25, 0.3) is 0 Å². The van der Waals surface area contributed by atoms with E-state index in [1.54, 1.807) is 0 Å². The lowest BCUT2D eigenvalue weighted by atomic mass is 10.1. The van der Waals surface area contributed by atoms with E-state index in [0.29, 0.717) is 25.3 Å². The predicted octanol–water partition coefficient (Wildman–Crippen LogP) is 2.02. The topological polar surface area (TPSA) is 41.9 Å². The number of hydrogen-bond acceptors (Lipinski definition) is 4. The lowest BCUT2D eigenvalue weighted by Crippen LogP contribution is -2.26. The predicted molar refractivity (Wildman–Crippen MR) is 74.9 cm³/mol. The molecule has 4 nitrogen and oxygen atoms in total. The molecule has 1 aromatic rings. The fourth-order valence-corrected chi connectivity index (χ4v) is 1.85. The van der Waals surface area contributed by atoms with Crippen molar-refractivity contribution < 1.29 is 9.53 Å². The molecule has 0 aromatic heterocycles. The summed E-state index contributed by atoms with van der Waals surface area (Å²) in [7, 11) is 3.91. The molecule has 0 fully saturated rings. The van der Waals surface area contributed by atoms with Gasteiger partial charge in [0.15, 0.2) is 5.76 Å². The highest BCUT2D eigenvalue weighted by Gasteiger charge is 2.18. The van der Waals surface area contributed by atoms with Gasteiger partial charge in [-0.15, -0.1) is 0 Å². The molecule has 2 rings (SSSR count). The average Bonchev–Trinajstić information content (AvgIpc) is 2.38. The van der Waals surface area contributed by atoms with Gasteiger partial charge in [-0.3, -0.25) is 9.79 Å². The Balaban J connectivity index is 1.95. The standard InChI is InChI=1S/C15H18N2O2/c1-17(2)10-13-8-14(18)15(9-16-13)19-11-12-6-4-3-5-7-12/h3-7,9H,8,10-11H2,1-2H3. The Kier molecular flexibility index (Phi) is 4.47. The van der Waals surface area contributed by atoms with Gasteiger partial charge in [0.05, 0.1) is 12.6 Å². The molecule has 4 heteroatoms. The first-order chi connectivity index (χ1) is 9.15. The molecule has 0 N–H and O–H groups in total. The molecule has 0 bridgehead atoms. The highest BCUT2D eigenvalue weighted by atomic mass is 16.5. The van der Waals surface area contributed by atoms with Crippen LogP contribution >= 0.6 is 0 Å². The number of ether oxygens (including phenoxy) is 1. The van der Waals surface area contributed by atoms with Crippen LogP contribution in [0.15, 0.2) is 47.3 Å². The Morgan fingerprint density at radius 2 is 2.00 bits per heavy atom. The van der Waals surface area contributed by atoms with Gasteiger partial charge in [0.2, 0.25) is 5.78 Å². The summed E-state index contributed by atoms with van der Waals surface area (Å²) in [5, 5.41) is 0. The number of ketones is 1. The van der Waals surface area contributed by atoms with Crippen LogP contribution in [0.4, 0.5) is 0 Å². The van der Waals surface area contributed by atoms with E-state index in [1.807, 2.05) is 49.3 Å². The van der Waals surface area contributed by atoms with E-state index < -0.39 is 0 Å². The molecular formula is C15H18N2O2. The number of rotatable bonds is 5. The van der Waals surface area contributed by atoms with Crippen LogP contribution in [0.3, 0.4) is 0 Å². The third kappa shape index (κ3) is 4.03. The maximum Gasteiger partial charge on any atom is 0.204 e. The van der Waals surface area contributed by atoms with Crippen molar-refractivity contribution in [1.29, 1.82) is 0 Å². The SMILES string of the molecule is CN(C)CC1=NC=C(OCc2ccccc2)C(=O)C1. The lowest BCUT2D eigenvalue weighted by molar-refractivity contribution is -0.118. The van der Waals surface area contributed by atoms with Crippen LogP contribution in [0.1, 0.15) is 12.0 Å². The van der Waals surface area contributed by atoms with E-state index in [4.69, 9.17) is 4.74 Å². The second kappa shape index (κ2) is 6.29. The van der Waals surface area contributed by atoms with E-state index in [9.17, 15) is 4.79 Å². The van der Waals surface area contributed by atoms with Gasteiger partial charge in [0.25, 0.3) is 0 Å². The molecule has 0 amide bonds. The minimum atomic E-state index is 0.00258. The molecule has 19 heavy (non-hydrogen) atoms. The Morgan fingerprint density at radius 1 is 1.26 bits per heavy atom. The first-order valence-electron chi connectivity index (χ1n) is 6.25. The highest BCUT2D eigenvalue weighted by molar-refractivity contribution is 6.11. The minimum absolute atomic E-state index is 0.00258. The van der Waals surface area contributed by atoms with Crippen molar-refractivity contribution in [3.8, 4) is 0 Å². The van der Waals surface area contributed by atoms with Crippen molar-refractivity contribution in [2.75, 3.05) is 20.6 Å². The summed E-state index contributed by atoms with van der Waals surface area (Å²) in [4.78, 5) is 18.2. The molecule has 0 saturated heterocycles. The smallest absolute Gasteiger partial charge is 0.204 e. The molecule has 0 unspecified atom stereocenters. The molecule has 1 aliphatic rings. The number of aliphatic imine (C=N–C) groups is 1. The second-order valence-corrected chi connectivity index (χ2v) is 4.80. The third-order valence-corrected chi connectivity index (χ3v) is 2.74. The summed E-state index contributed by atoms with van der Waals surface area (Å²) in [5.74, 6) is 0.356. The van der Waals surface area contributed by atoms with Crippen molar-refractivity contribution in [1.82, 2.24) is 4.90 Å². The Morgan fingerprint density at radius 3 is 2.63 bits per heavy atom. The normalized spacial score (nSPS) is 15.2. The van der Waals surface area contributed by atoms with Crippen molar-refractivity contribution in [2.45, 2.75) is 13.0 Å². The van der Waals surface area contributed by atoms with Crippen LogP contribution in [0.2, 0.25) is 0 Å². The Labute approximate surface area is 113 Å². The zero-order valence-corrected chi connectivity index (χ0v) is 11.3. The minimum Gasteiger partial charge on any atom is -0.484 e. The van der Waals surface area contributed by atoms with Gasteiger partial charge in [-0.1, -0.05) is 30.3 Å². The molecule has 0 spiro atoms. The molecule has 0 saturated carbocycles. The van der Waals surface area contributed by atoms with Crippen molar-refractivity contribution in [2.24, 2.45) is 4.99 Å². The van der Waals surface area contributed by atoms with Gasteiger partial charge >= 0.3 is 0 Å². The summed E-state index contributed by atoms with van der Waals surface area (Å²) in [6, 6.07) is 9.78. The summed E-state index contributed by atoms with van der Waals surface area (Å²) in [5.41, 5.74) is 1.92. The van der Waals surface area contributed by atoms with Gasteiger partial charge in [0, 0.05) is 12.3 Å². The van der Waals surface area contributed by atoms with Crippen molar-refractivity contribution in [3.63, 3.8) is 0 Å². The van der Waals surface area contributed by atoms with Crippen LogP contribution in [-0.2, 0) is 16.1 Å². The number of nitrogens with zero attached hydrogens (tertiary/aromatic N) is 2. The lowest BCUT2D eigenvalue weighted by Gasteiger charge is -2.16. The molecule has 0 radical (unpaired) electrons. The fraction of sp³-hybridized carbons (Fsp3) is 0.333. The van der Waals surface area contributed by atoms with Gasteiger partial charge in [0.1, 0.15) is 6.61 Å². The third-order valence-electron chi connectivity index (χ3n) is 2.74. The number of allylic oxidation sites excluding steroid dienone is 1. The summed E-state index contributed by atoms with van der Waals surface area (Å²) < 4.78 is 5.53. The number of carbonyl (C=O) groups is 1. The van der Waals surface area contributed by atoms with E-state index in [2.05, 4.69) is 4.99 Å². The second-order valence-electron chi connectivity index (χ2n) is 4.80. The Hall–Kier alpha value is -1.94. The maximum absolute atomic E-state index is 11.9. The summed E-state index contributed by atoms with van der Waals surface area (Å²) in [6.07, 6.45) is 1.88. The van der Waals surface area contributed by atoms with Crippen LogP contribution in [0, 0.1) is 0 Å². The summed E-state index contributed by atoms with van der Waals surface area (Å²) in [6.45, 7) is 1.10. The quantitative estimate of drug-likeness (QED) is 0.811. The number of Topliss-reactive ketones (excluding diaryl/α,β-unsaturated/α-hetero) is 1. The van der Waals surface area contributed by atoms with Crippen LogP contribution < -0.4 is 0 Å². The molecule has 0 aliphatic carbocycles. The van der Waals surface area contributed by atoms with Gasteiger partial charge in [-0.05, 0) is 19.7 Å². The first-order valence-corrected chi connectivity index (χ1v) is 6.25. The molecule has 0 atom stereocenters. The first kappa shape index (κ1) is 13.5. The number of benzene rings is 1. The van der Waals surface area contributed by atoms with Crippen molar-refractivity contribution in [3.05, 3.63) is 47.9 Å². The highest BCUT2D eigenvalue weighted by Crippen LogP contribution is 2.13. The van der Waals surface area contributed by atoms with E-state index in [1.165, 1.54) is 6.20 Å². The molecule has 1 heterocycles. The average molecular weight is 258 g/mol. The fourth-order valence-electron chi connectivity index (χ4n) is 1.85. The molecular weight excluding hydrogens is 240 g/mol. The van der Waals surface area contributed by atoms with Gasteiger partial charge in [-0.25, -0.2) is 0 Å². The maximum atomic E-state index is 11.9. The zero-order chi connectivity index (χ0) is 13.7. The molecule has 1 aromatic carbocycles. The van der Waals surface area contributed by atoms with E-state index >= 15 is 0 Å². The van der Waals surface area contributed by atoms with Crippen molar-refractivity contribution >= 4 is 11.5 Å². The zero-order valence-electron chi connectivity index (χ0n) is 11.3. The largest absolute Gasteiger partial charge is 0.484 e.